The van der Waals surface area contributed by atoms with Crippen LogP contribution in [-0.2, 0) is 0 Å². The van der Waals surface area contributed by atoms with Crippen LogP contribution in [0.4, 0.5) is 0 Å². The molecule has 1 rings (SSSR count). The quantitative estimate of drug-likeness (QED) is 0.298. The highest BCUT2D eigenvalue weighted by molar-refractivity contribution is 9.40. The molecule has 1 aromatic heterocycles. The molecule has 1 heterocycles. The maximum absolute atomic E-state index is 13.1. The van der Waals surface area contributed by atoms with Gasteiger partial charge in [-0.25, -0.2) is 28.1 Å². The first-order chi connectivity index (χ1) is 11.8. The molecule has 0 spiro atoms. The Morgan fingerprint density at radius 3 is 0.741 bits per heavy atom. The Morgan fingerprint density at radius 2 is 0.630 bits per heavy atom. The van der Waals surface area contributed by atoms with Crippen molar-refractivity contribution in [3.05, 3.63) is 31.5 Å². The minimum absolute atomic E-state index is 0.861. The van der Waals surface area contributed by atoms with Crippen LogP contribution in [-0.4, -0.2) is 20.1 Å². The number of alkyl halides is 12. The summed E-state index contributed by atoms with van der Waals surface area (Å²) < 4.78 is -0.578. The summed E-state index contributed by atoms with van der Waals surface area (Å²) in [4.78, 5) is 36.5. The molecule has 0 amide bonds. The Kier molecular flexibility index (Phi) is 11.5. The van der Waals surface area contributed by atoms with Gasteiger partial charge in [0.05, 0.1) is 0 Å². The van der Waals surface area contributed by atoms with Gasteiger partial charge in [-0.05, 0) is 0 Å². The van der Waals surface area contributed by atoms with Crippen molar-refractivity contribution in [2.75, 3.05) is 0 Å². The molecule has 0 aliphatic carbocycles. The average molecular weight is 1160 g/mol. The van der Waals surface area contributed by atoms with Crippen LogP contribution >= 0.6 is 191 Å². The fraction of sp³-hybridized carbons (Fsp3) is 0.667. The second-order valence-electron chi connectivity index (χ2n) is 4.59. The van der Waals surface area contributed by atoms with E-state index in [-0.39, 0.29) is 0 Å². The smallest absolute Gasteiger partial charge is 0.247 e. The molecular formula is C9H3Br12N3O3. The Hall–Kier alpha value is 4.17. The molecule has 0 bridgehead atoms. The number of rotatable bonds is 3. The summed E-state index contributed by atoms with van der Waals surface area (Å²) in [5, 5.41) is 0. The van der Waals surface area contributed by atoms with Gasteiger partial charge in [0.2, 0.25) is 0 Å². The molecule has 6 nitrogen and oxygen atoms in total. The van der Waals surface area contributed by atoms with Gasteiger partial charge in [0.15, 0.2) is 6.43 Å². The molecule has 0 fully saturated rings. The van der Waals surface area contributed by atoms with Crippen molar-refractivity contribution < 1.29 is 0 Å². The maximum atomic E-state index is 13.1. The zero-order valence-electron chi connectivity index (χ0n) is 11.8. The summed E-state index contributed by atoms with van der Waals surface area (Å²) in [6, 6.07) is 0. The van der Waals surface area contributed by atoms with Gasteiger partial charge < -0.3 is 0 Å². The molecule has 0 radical (unpaired) electrons. The van der Waals surface area contributed by atoms with E-state index in [0.717, 1.165) is 13.7 Å². The van der Waals surface area contributed by atoms with Crippen LogP contribution in [0.1, 0.15) is 14.9 Å². The lowest BCUT2D eigenvalue weighted by molar-refractivity contribution is 0.459. The Balaban J connectivity index is 4.12. The van der Waals surface area contributed by atoms with Crippen molar-refractivity contribution in [1.29, 1.82) is 0 Å². The first kappa shape index (κ1) is 29.2. The third-order valence-electron chi connectivity index (χ3n) is 2.73. The first-order valence-electron chi connectivity index (χ1n) is 5.95. The van der Waals surface area contributed by atoms with E-state index in [1.807, 2.05) is 0 Å². The molecule has 0 saturated heterocycles. The lowest BCUT2D eigenvalue weighted by Gasteiger charge is -2.28. The molecule has 0 aliphatic rings. The summed E-state index contributed by atoms with van der Waals surface area (Å²) in [5.74, 6) is 0. The molecule has 1 aromatic rings. The number of aromatic nitrogens is 3. The van der Waals surface area contributed by atoms with Crippen molar-refractivity contribution in [3.63, 3.8) is 0 Å². The van der Waals surface area contributed by atoms with Gasteiger partial charge in [0.1, 0.15) is 14.9 Å². The molecule has 156 valence electrons. The average Bonchev–Trinajstić information content (AvgIpc) is 2.43. The van der Waals surface area contributed by atoms with E-state index in [1.54, 1.807) is 0 Å². The predicted molar refractivity (Wildman–Crippen MR) is 152 cm³/mol. The standard InChI is InChI=1S/C9H3Br12N3O3/c10-1(7(13,14)15)22-4(25)23(2(11)8(16,17)18)6(27)24(5(22)26)3(12)9(19,20)21/h1-3H. The van der Waals surface area contributed by atoms with Crippen molar-refractivity contribution in [2.24, 2.45) is 0 Å². The normalized spacial score (nSPS) is 16.9. The van der Waals surface area contributed by atoms with E-state index in [1.165, 1.54) is 0 Å². The van der Waals surface area contributed by atoms with Crippen molar-refractivity contribution in [2.45, 2.75) is 21.3 Å². The summed E-state index contributed by atoms with van der Waals surface area (Å²) >= 11 is 39.4. The summed E-state index contributed by atoms with van der Waals surface area (Å²) in [7, 11) is 0. The molecule has 0 saturated carbocycles. The summed E-state index contributed by atoms with van der Waals surface area (Å²) in [5.41, 5.74) is -2.58. The van der Waals surface area contributed by atoms with E-state index < -0.39 is 38.4 Å². The van der Waals surface area contributed by atoms with Gasteiger partial charge >= 0.3 is 17.1 Å². The molecular weight excluding hydrogens is 1160 g/mol. The van der Waals surface area contributed by atoms with Crippen molar-refractivity contribution in [1.82, 2.24) is 13.7 Å². The van der Waals surface area contributed by atoms with Crippen LogP contribution in [0.5, 0.6) is 0 Å². The molecule has 0 N–H and O–H groups in total. The minimum atomic E-state index is -1.05. The molecule has 3 atom stereocenters. The molecule has 0 aromatic carbocycles. The van der Waals surface area contributed by atoms with Crippen LogP contribution in [0.3, 0.4) is 0 Å². The third kappa shape index (κ3) is 7.08. The highest BCUT2D eigenvalue weighted by Gasteiger charge is 2.41. The number of hydrogen-bond acceptors (Lipinski definition) is 3. The number of nitrogens with zero attached hydrogens (tertiary/aromatic N) is 3. The number of hydrogen-bond donors (Lipinski definition) is 0. The SMILES string of the molecule is O=c1n(C(Br)C(Br)(Br)Br)c(=O)n(C(Br)C(Br)(Br)Br)c(=O)n1C(Br)C(Br)(Br)Br. The second-order valence-corrected chi connectivity index (χ2v) is 28.0. The minimum Gasteiger partial charge on any atom is -0.247 e. The summed E-state index contributed by atoms with van der Waals surface area (Å²) in [6.45, 7) is 0. The maximum Gasteiger partial charge on any atom is 0.338 e. The van der Waals surface area contributed by atoms with Crippen LogP contribution in [0, 0.1) is 0 Å². The molecule has 3 unspecified atom stereocenters. The van der Waals surface area contributed by atoms with Gasteiger partial charge in [-0.3, -0.25) is 0 Å². The molecule has 0 aliphatic heterocycles. The predicted octanol–water partition coefficient (Wildman–Crippen LogP) is 7.37. The van der Waals surface area contributed by atoms with E-state index in [4.69, 9.17) is 0 Å². The van der Waals surface area contributed by atoms with E-state index in [2.05, 4.69) is 191 Å². The highest BCUT2D eigenvalue weighted by Crippen LogP contribution is 2.49. The first-order valence-corrected chi connectivity index (χ1v) is 15.8. The van der Waals surface area contributed by atoms with Crippen LogP contribution in [0.25, 0.3) is 0 Å². The largest absolute Gasteiger partial charge is 0.338 e. The zero-order valence-corrected chi connectivity index (χ0v) is 30.9. The van der Waals surface area contributed by atoms with E-state index >= 15 is 0 Å². The molecule has 18 heteroatoms. The zero-order chi connectivity index (χ0) is 21.7. The van der Waals surface area contributed by atoms with E-state index in [9.17, 15) is 14.4 Å². The topological polar surface area (TPSA) is 66.0 Å². The molecule has 27 heavy (non-hydrogen) atoms. The highest BCUT2D eigenvalue weighted by atomic mass is 80.0. The fourth-order valence-corrected chi connectivity index (χ4v) is 4.51. The summed E-state index contributed by atoms with van der Waals surface area (Å²) in [6.07, 6.45) is 0. The Morgan fingerprint density at radius 1 is 0.481 bits per heavy atom. The van der Waals surface area contributed by atoms with Crippen molar-refractivity contribution >= 4 is 191 Å². The van der Waals surface area contributed by atoms with Gasteiger partial charge in [0.25, 0.3) is 0 Å². The fourth-order valence-electron chi connectivity index (χ4n) is 1.61. The van der Waals surface area contributed by atoms with Gasteiger partial charge in [-0.2, -0.15) is 0 Å². The second kappa shape index (κ2) is 10.6. The van der Waals surface area contributed by atoms with Crippen molar-refractivity contribution in [3.8, 4) is 0 Å². The lowest BCUT2D eigenvalue weighted by atomic mass is 10.6. The lowest BCUT2D eigenvalue weighted by Crippen LogP contribution is -2.58. The monoisotopic (exact) mass is 1150 g/mol. The van der Waals surface area contributed by atoms with Gasteiger partial charge in [-0.1, -0.05) is 191 Å². The Bertz CT molecular complexity index is 728. The number of halogens is 12. The van der Waals surface area contributed by atoms with Gasteiger partial charge in [0, 0.05) is 0 Å². The van der Waals surface area contributed by atoms with Crippen LogP contribution in [0.2, 0.25) is 0 Å². The van der Waals surface area contributed by atoms with Crippen LogP contribution in [0.15, 0.2) is 14.4 Å². The van der Waals surface area contributed by atoms with E-state index in [0.29, 0.717) is 0 Å². The van der Waals surface area contributed by atoms with Crippen LogP contribution < -0.4 is 17.1 Å². The Labute approximate surface area is 253 Å². The van der Waals surface area contributed by atoms with Gasteiger partial charge in [-0.15, -0.1) is 0 Å². The third-order valence-corrected chi connectivity index (χ3v) is 15.4.